The largest absolute Gasteiger partial charge is 0.508 e. The van der Waals surface area contributed by atoms with Crippen LogP contribution in [0.1, 0.15) is 104 Å². The number of hydrogen-bond donors (Lipinski definition) is 2. The van der Waals surface area contributed by atoms with Crippen LogP contribution in [0, 0.1) is 6.92 Å². The van der Waals surface area contributed by atoms with Crippen LogP contribution in [0.3, 0.4) is 0 Å². The number of nitrogens with zero attached hydrogens (tertiary/aromatic N) is 2. The first-order chi connectivity index (χ1) is 25.7. The lowest BCUT2D eigenvalue weighted by atomic mass is 9.87. The summed E-state index contributed by atoms with van der Waals surface area (Å²) in [5.74, 6) is -0.646. The van der Waals surface area contributed by atoms with Crippen LogP contribution in [0.25, 0.3) is 0 Å². The number of para-hydroxylation sites is 1. The van der Waals surface area contributed by atoms with Gasteiger partial charge in [0.05, 0.1) is 22.3 Å². The molecule has 5 aliphatic heterocycles. The lowest BCUT2D eigenvalue weighted by molar-refractivity contribution is -0.120. The Kier molecular flexibility index (Phi) is 11.5. The standard InChI is InChI=1S/C20H19NO4.C12H15NO.C9H6O3.C2H6/c22-12-25-17-8-2-1-6-14(17)19(23)16-11-13-5-3-9-21-10-4-7-15(18(13)21)20(16)24;14-11-6-5-9-3-1-7-13-8-2-4-10(11)12(9)13;1-5-2-3-6-7(4-5)9(11)12-8(6)10;1-2/h1-2,6,8,11-12,24H,3-5,7,9-10H2;5-6,14H,1-4,7-8H2;2-4H,1H3;1-2H3. The highest BCUT2D eigenvalue weighted by atomic mass is 16.6. The van der Waals surface area contributed by atoms with Crippen LogP contribution in [-0.4, -0.2) is 60.6 Å². The average Bonchev–Trinajstić information content (AvgIpc) is 3.47. The van der Waals surface area contributed by atoms with Gasteiger partial charge < -0.3 is 29.5 Å². The van der Waals surface area contributed by atoms with Crippen molar-refractivity contribution < 1.29 is 38.9 Å². The zero-order valence-corrected chi connectivity index (χ0v) is 30.6. The molecule has 2 N–H and O–H groups in total. The lowest BCUT2D eigenvalue weighted by Crippen LogP contribution is -2.34. The van der Waals surface area contributed by atoms with E-state index in [1.165, 1.54) is 49.2 Å². The van der Waals surface area contributed by atoms with Crippen LogP contribution < -0.4 is 14.5 Å². The minimum atomic E-state index is -0.546. The SMILES string of the molecule is CC.Cc1ccc2c(c1)C(=O)OC2=O.O=COc1ccccc1C(=O)c1cc2c3c(c1O)CCCN3CCC2.Oc1ccc2c3c1CCCN3CCC2. The summed E-state index contributed by atoms with van der Waals surface area (Å²) in [6.45, 7) is 10.5. The minimum Gasteiger partial charge on any atom is -0.508 e. The molecule has 0 fully saturated rings. The van der Waals surface area contributed by atoms with Crippen LogP contribution in [0.2, 0.25) is 0 Å². The molecule has 0 bridgehead atoms. The van der Waals surface area contributed by atoms with Gasteiger partial charge in [-0.3, -0.25) is 9.59 Å². The summed E-state index contributed by atoms with van der Waals surface area (Å²) in [6.07, 6.45) is 8.38. The molecule has 10 nitrogen and oxygen atoms in total. The molecule has 5 heterocycles. The molecule has 0 aromatic heterocycles. The number of carbonyl (C=O) groups is 4. The number of fused-ring (bicyclic) bond motifs is 1. The number of anilines is 2. The van der Waals surface area contributed by atoms with Gasteiger partial charge in [0.2, 0.25) is 5.78 Å². The predicted molar refractivity (Wildman–Crippen MR) is 203 cm³/mol. The number of aromatic hydroxyl groups is 2. The number of hydrogen-bond acceptors (Lipinski definition) is 10. The molecule has 0 amide bonds. The maximum atomic E-state index is 13.0. The van der Waals surface area contributed by atoms with Crippen molar-refractivity contribution in [2.24, 2.45) is 0 Å². The highest BCUT2D eigenvalue weighted by molar-refractivity contribution is 6.15. The first-order valence-electron chi connectivity index (χ1n) is 18.6. The highest BCUT2D eigenvalue weighted by Gasteiger charge is 2.31. The molecule has 10 heteroatoms. The monoisotopic (exact) mass is 718 g/mol. The van der Waals surface area contributed by atoms with E-state index < -0.39 is 11.9 Å². The first-order valence-corrected chi connectivity index (χ1v) is 18.6. The highest BCUT2D eigenvalue weighted by Crippen LogP contribution is 2.43. The summed E-state index contributed by atoms with van der Waals surface area (Å²) in [5, 5.41) is 20.6. The Labute approximate surface area is 310 Å². The van der Waals surface area contributed by atoms with Crippen molar-refractivity contribution in [1.82, 2.24) is 0 Å². The van der Waals surface area contributed by atoms with Gasteiger partial charge in [-0.05, 0) is 106 Å². The maximum absolute atomic E-state index is 13.0. The summed E-state index contributed by atoms with van der Waals surface area (Å²) in [4.78, 5) is 50.4. The van der Waals surface area contributed by atoms with Gasteiger partial charge in [-0.15, -0.1) is 0 Å². The van der Waals surface area contributed by atoms with Crippen LogP contribution in [-0.2, 0) is 35.2 Å². The Bertz CT molecular complexity index is 2050. The van der Waals surface area contributed by atoms with E-state index in [0.29, 0.717) is 28.9 Å². The fourth-order valence-electron chi connectivity index (χ4n) is 7.93. The number of esters is 2. The van der Waals surface area contributed by atoms with E-state index in [0.717, 1.165) is 67.6 Å². The van der Waals surface area contributed by atoms with E-state index >= 15 is 0 Å². The Morgan fingerprint density at radius 3 is 2.02 bits per heavy atom. The van der Waals surface area contributed by atoms with Gasteiger partial charge in [0.15, 0.2) is 0 Å². The van der Waals surface area contributed by atoms with Gasteiger partial charge in [0.25, 0.3) is 6.47 Å². The van der Waals surface area contributed by atoms with E-state index in [1.807, 2.05) is 32.9 Å². The third-order valence-corrected chi connectivity index (χ3v) is 10.2. The smallest absolute Gasteiger partial charge is 0.346 e. The molecule has 276 valence electrons. The van der Waals surface area contributed by atoms with Crippen LogP contribution in [0.15, 0.2) is 60.7 Å². The second-order valence-corrected chi connectivity index (χ2v) is 13.5. The van der Waals surface area contributed by atoms with E-state index in [1.54, 1.807) is 42.5 Å². The molecule has 0 unspecified atom stereocenters. The predicted octanol–water partition coefficient (Wildman–Crippen LogP) is 7.28. The summed E-state index contributed by atoms with van der Waals surface area (Å²) < 4.78 is 9.33. The number of aryl methyl sites for hydroxylation is 3. The number of carbonyl (C=O) groups excluding carboxylic acids is 4. The van der Waals surface area contributed by atoms with Gasteiger partial charge in [0.1, 0.15) is 17.2 Å². The topological polar surface area (TPSA) is 134 Å². The fourth-order valence-corrected chi connectivity index (χ4v) is 7.93. The van der Waals surface area contributed by atoms with Gasteiger partial charge in [-0.1, -0.05) is 43.7 Å². The second kappa shape index (κ2) is 16.4. The zero-order valence-electron chi connectivity index (χ0n) is 30.6. The van der Waals surface area contributed by atoms with Gasteiger partial charge in [0, 0.05) is 48.7 Å². The Morgan fingerprint density at radius 2 is 1.32 bits per heavy atom. The van der Waals surface area contributed by atoms with Crippen LogP contribution in [0.4, 0.5) is 11.4 Å². The number of cyclic esters (lactones) is 2. The second-order valence-electron chi connectivity index (χ2n) is 13.5. The maximum Gasteiger partial charge on any atom is 0.346 e. The zero-order chi connectivity index (χ0) is 37.6. The molecule has 0 saturated carbocycles. The van der Waals surface area contributed by atoms with Crippen molar-refractivity contribution in [2.45, 2.75) is 72.1 Å². The summed E-state index contributed by atoms with van der Waals surface area (Å²) in [5.41, 5.74) is 9.34. The summed E-state index contributed by atoms with van der Waals surface area (Å²) >= 11 is 0. The quantitative estimate of drug-likeness (QED) is 0.0960. The molecule has 0 saturated heterocycles. The van der Waals surface area contributed by atoms with Crippen molar-refractivity contribution >= 4 is 35.6 Å². The third kappa shape index (κ3) is 7.49. The van der Waals surface area contributed by atoms with Crippen molar-refractivity contribution in [3.8, 4) is 17.2 Å². The van der Waals surface area contributed by atoms with E-state index in [9.17, 15) is 29.4 Å². The minimum absolute atomic E-state index is 0.0660. The van der Waals surface area contributed by atoms with Crippen LogP contribution >= 0.6 is 0 Å². The number of phenols is 2. The number of phenolic OH excluding ortho intramolecular Hbond substituents is 2. The lowest BCUT2D eigenvalue weighted by Gasteiger charge is -2.37. The molecule has 0 aliphatic carbocycles. The Hall–Kier alpha value is -5.64. The molecular weight excluding hydrogens is 672 g/mol. The molecular formula is C43H46N2O8. The first kappa shape index (κ1) is 37.1. The number of ketones is 1. The fraction of sp³-hybridized carbons (Fsp3) is 0.349. The van der Waals surface area contributed by atoms with Crippen molar-refractivity contribution in [3.63, 3.8) is 0 Å². The molecule has 0 radical (unpaired) electrons. The van der Waals surface area contributed by atoms with Gasteiger partial charge in [-0.2, -0.15) is 0 Å². The molecule has 9 rings (SSSR count). The number of ether oxygens (including phenoxy) is 2. The average molecular weight is 719 g/mol. The van der Waals surface area contributed by atoms with Gasteiger partial charge >= 0.3 is 11.9 Å². The third-order valence-electron chi connectivity index (χ3n) is 10.2. The molecule has 4 aromatic rings. The molecule has 0 spiro atoms. The normalized spacial score (nSPS) is 15.8. The van der Waals surface area contributed by atoms with E-state index in [-0.39, 0.29) is 22.8 Å². The molecule has 4 aromatic carbocycles. The van der Waals surface area contributed by atoms with E-state index in [2.05, 4.69) is 20.6 Å². The molecule has 53 heavy (non-hydrogen) atoms. The summed E-state index contributed by atoms with van der Waals surface area (Å²) in [7, 11) is 0. The van der Waals surface area contributed by atoms with Gasteiger partial charge in [-0.25, -0.2) is 9.59 Å². The van der Waals surface area contributed by atoms with E-state index in [4.69, 9.17) is 4.74 Å². The molecule has 5 aliphatic rings. The number of benzene rings is 4. The van der Waals surface area contributed by atoms with Crippen molar-refractivity contribution in [3.05, 3.63) is 111 Å². The van der Waals surface area contributed by atoms with Crippen molar-refractivity contribution in [2.75, 3.05) is 36.0 Å². The van der Waals surface area contributed by atoms with Crippen LogP contribution in [0.5, 0.6) is 17.2 Å². The van der Waals surface area contributed by atoms with Crippen molar-refractivity contribution in [1.29, 1.82) is 0 Å². The summed E-state index contributed by atoms with van der Waals surface area (Å²) in [6, 6.07) is 17.4. The number of rotatable bonds is 4. The Morgan fingerprint density at radius 1 is 0.717 bits per heavy atom. The molecule has 0 atom stereocenters. The Balaban J connectivity index is 0.000000145.